The Morgan fingerprint density at radius 1 is 0.571 bits per heavy atom. The van der Waals surface area contributed by atoms with E-state index in [0.717, 1.165) is 46.5 Å². The monoisotopic (exact) mass is 820 g/mol. The lowest BCUT2D eigenvalue weighted by Gasteiger charge is -2.35. The van der Waals surface area contributed by atoms with Gasteiger partial charge in [0.25, 0.3) is 0 Å². The number of carbonyl (C=O) groups is 1. The molecule has 286 valence electrons. The van der Waals surface area contributed by atoms with Gasteiger partial charge in [-0.25, -0.2) is 4.79 Å². The first-order valence-corrected chi connectivity index (χ1v) is 21.1. The summed E-state index contributed by atoms with van der Waals surface area (Å²) in [5.74, 6) is -0.637. The van der Waals surface area contributed by atoms with Crippen molar-refractivity contribution in [2.24, 2.45) is 0 Å². The highest BCUT2D eigenvalue weighted by molar-refractivity contribution is 6.53. The number of benzene rings is 5. The van der Waals surface area contributed by atoms with Crippen LogP contribution < -0.4 is 9.80 Å². The molecule has 2 atom stereocenters. The van der Waals surface area contributed by atoms with E-state index >= 15 is 0 Å². The molecule has 4 nitrogen and oxygen atoms in total. The van der Waals surface area contributed by atoms with Gasteiger partial charge in [-0.1, -0.05) is 131 Å². The van der Waals surface area contributed by atoms with Crippen molar-refractivity contribution in [1.82, 2.24) is 0 Å². The lowest BCUT2D eigenvalue weighted by molar-refractivity contribution is 0.0300. The highest BCUT2D eigenvalue weighted by Crippen LogP contribution is 2.53. The molecule has 0 aromatic heterocycles. The summed E-state index contributed by atoms with van der Waals surface area (Å²) in [5, 5.41) is 0.184. The third kappa shape index (κ3) is 7.38. The molecule has 0 radical (unpaired) electrons. The molecule has 3 aliphatic rings. The Kier molecular flexibility index (Phi) is 11.3. The van der Waals surface area contributed by atoms with Crippen molar-refractivity contribution in [3.8, 4) is 0 Å². The Balaban J connectivity index is 1.37. The van der Waals surface area contributed by atoms with Gasteiger partial charge in [-0.2, -0.15) is 0 Å². The van der Waals surface area contributed by atoms with E-state index in [2.05, 4.69) is 96.4 Å². The maximum Gasteiger partial charge on any atom is 0.341 e. The van der Waals surface area contributed by atoms with Gasteiger partial charge in [0, 0.05) is 42.1 Å². The molecule has 8 rings (SSSR count). The maximum absolute atomic E-state index is 14.2. The average molecular weight is 823 g/mol. The molecule has 0 amide bonds. The highest BCUT2D eigenvalue weighted by atomic mass is 35.5. The quantitative estimate of drug-likeness (QED) is 0.0887. The van der Waals surface area contributed by atoms with E-state index in [0.29, 0.717) is 17.6 Å². The average Bonchev–Trinajstić information content (AvgIpc) is 3.52. The topological polar surface area (TPSA) is 32.8 Å². The van der Waals surface area contributed by atoms with Gasteiger partial charge in [0.1, 0.15) is 0 Å². The number of hydrogen-bond acceptors (Lipinski definition) is 4. The van der Waals surface area contributed by atoms with Crippen LogP contribution in [-0.4, -0.2) is 31.1 Å². The summed E-state index contributed by atoms with van der Waals surface area (Å²) in [7, 11) is 0. The van der Waals surface area contributed by atoms with Gasteiger partial charge in [-0.15, -0.1) is 0 Å². The molecule has 0 bridgehead atoms. The number of piperidine rings is 2. The van der Waals surface area contributed by atoms with E-state index < -0.39 is 11.6 Å². The van der Waals surface area contributed by atoms with Gasteiger partial charge >= 0.3 is 5.97 Å². The predicted molar refractivity (Wildman–Crippen MR) is 235 cm³/mol. The number of fused-ring (bicyclic) bond motifs is 1. The Bertz CT molecular complexity index is 2170. The molecule has 0 N–H and O–H groups in total. The fourth-order valence-electron chi connectivity index (χ4n) is 8.65. The largest absolute Gasteiger partial charge is 0.442 e. The number of carbonyl (C=O) groups excluding carboxylic acids is 1. The van der Waals surface area contributed by atoms with Crippen molar-refractivity contribution >= 4 is 74.9 Å². The minimum absolute atomic E-state index is 0.00673. The molecule has 2 fully saturated rings. The van der Waals surface area contributed by atoms with Gasteiger partial charge in [0.15, 0.2) is 5.60 Å². The van der Waals surface area contributed by atoms with E-state index in [1.54, 1.807) is 0 Å². The first kappa shape index (κ1) is 38.7. The van der Waals surface area contributed by atoms with Crippen LogP contribution in [0.25, 0.3) is 11.1 Å². The van der Waals surface area contributed by atoms with Crippen molar-refractivity contribution in [2.75, 3.05) is 22.9 Å². The molecule has 5 aromatic rings. The zero-order valence-electron chi connectivity index (χ0n) is 31.6. The zero-order chi connectivity index (χ0) is 39.0. The third-order valence-electron chi connectivity index (χ3n) is 11.6. The summed E-state index contributed by atoms with van der Waals surface area (Å²) in [4.78, 5) is 19.2. The molecule has 8 heteroatoms. The fourth-order valence-corrected chi connectivity index (χ4v) is 9.73. The predicted octanol–water partition coefficient (Wildman–Crippen LogP) is 13.7. The molecule has 2 saturated heterocycles. The van der Waals surface area contributed by atoms with Crippen molar-refractivity contribution < 1.29 is 9.53 Å². The second-order valence-electron chi connectivity index (χ2n) is 15.2. The number of ether oxygens (including phenoxy) is 1. The molecule has 5 aromatic carbocycles. The van der Waals surface area contributed by atoms with Crippen LogP contribution in [0.2, 0.25) is 20.1 Å². The van der Waals surface area contributed by atoms with Crippen molar-refractivity contribution in [3.63, 3.8) is 0 Å². The number of rotatable bonds is 8. The molecule has 2 unspecified atom stereocenters. The van der Waals surface area contributed by atoms with Gasteiger partial charge in [-0.05, 0) is 122 Å². The summed E-state index contributed by atoms with van der Waals surface area (Å²) < 4.78 is 6.61. The molecule has 0 spiro atoms. The number of nitrogens with zero attached hydrogens (tertiary/aromatic N) is 2. The van der Waals surface area contributed by atoms with E-state index in [4.69, 9.17) is 51.1 Å². The van der Waals surface area contributed by atoms with Crippen molar-refractivity contribution in [2.45, 2.75) is 70.1 Å². The number of cyclic esters (lactones) is 1. The van der Waals surface area contributed by atoms with Crippen LogP contribution >= 0.6 is 46.4 Å². The number of esters is 1. The summed E-state index contributed by atoms with van der Waals surface area (Å²) in [6, 6.07) is 38.5. The standard InChI is InChI=1S/C48H44Cl4N2O2/c1-31-13-9-11-27-53(31)37-23-19-35(20-24-37)39(33-15-5-3-6-16-33)29-48(42-41(47(55)56-48)43(49)45(51)46(52)44(42)50)30-40(34-17-7-4-8-18-34)36-21-25-38(26-22-36)54-28-12-10-14-32(54)2/h3-8,15-26,29-32H,9-14,27-28H2,1-2H3. The second kappa shape index (κ2) is 16.3. The fraction of sp³-hybridized carbons (Fsp3) is 0.271. The smallest absolute Gasteiger partial charge is 0.341 e. The summed E-state index contributed by atoms with van der Waals surface area (Å²) in [6.07, 6.45) is 11.2. The van der Waals surface area contributed by atoms with Crippen LogP contribution in [0.1, 0.15) is 90.5 Å². The van der Waals surface area contributed by atoms with E-state index in [9.17, 15) is 4.79 Å². The first-order valence-electron chi connectivity index (χ1n) is 19.6. The van der Waals surface area contributed by atoms with Crippen LogP contribution in [0.3, 0.4) is 0 Å². The van der Waals surface area contributed by atoms with Gasteiger partial charge < -0.3 is 14.5 Å². The SMILES string of the molecule is CC1CCCCN1c1ccc(C(=CC2(C=C(c3ccccc3)c3ccc(N4CCCCC4C)cc3)OC(=O)c3c(Cl)c(Cl)c(Cl)c(Cl)c32)c2ccccc2)cc1. The van der Waals surface area contributed by atoms with Crippen LogP contribution in [0.4, 0.5) is 11.4 Å². The maximum atomic E-state index is 14.2. The highest BCUT2D eigenvalue weighted by Gasteiger charge is 2.48. The Morgan fingerprint density at radius 3 is 1.41 bits per heavy atom. The zero-order valence-corrected chi connectivity index (χ0v) is 34.6. The third-order valence-corrected chi connectivity index (χ3v) is 13.4. The minimum atomic E-state index is -1.56. The van der Waals surface area contributed by atoms with Gasteiger partial charge in [-0.3, -0.25) is 0 Å². The molecule has 3 aliphatic heterocycles. The second-order valence-corrected chi connectivity index (χ2v) is 16.7. The number of anilines is 2. The molecule has 56 heavy (non-hydrogen) atoms. The Hall–Kier alpha value is -4.19. The molecule has 0 aliphatic carbocycles. The summed E-state index contributed by atoms with van der Waals surface area (Å²) in [5.41, 5.74) is 6.73. The van der Waals surface area contributed by atoms with Crippen LogP contribution in [0.15, 0.2) is 121 Å². The van der Waals surface area contributed by atoms with Crippen LogP contribution in [0, 0.1) is 0 Å². The Morgan fingerprint density at radius 2 is 0.982 bits per heavy atom. The molecule has 3 heterocycles. The number of halogens is 4. The summed E-state index contributed by atoms with van der Waals surface area (Å²) in [6.45, 7) is 6.65. The van der Waals surface area contributed by atoms with Gasteiger partial charge in [0.2, 0.25) is 0 Å². The van der Waals surface area contributed by atoms with Crippen molar-refractivity contribution in [1.29, 1.82) is 0 Å². The van der Waals surface area contributed by atoms with E-state index in [1.807, 2.05) is 48.6 Å². The van der Waals surface area contributed by atoms with Crippen LogP contribution in [-0.2, 0) is 10.3 Å². The number of hydrogen-bond donors (Lipinski definition) is 0. The van der Waals surface area contributed by atoms with Crippen molar-refractivity contribution in [3.05, 3.63) is 175 Å². The van der Waals surface area contributed by atoms with E-state index in [-0.39, 0.29) is 25.7 Å². The van der Waals surface area contributed by atoms with E-state index in [1.165, 1.54) is 49.9 Å². The van der Waals surface area contributed by atoms with Crippen LogP contribution in [0.5, 0.6) is 0 Å². The Labute approximate surface area is 350 Å². The minimum Gasteiger partial charge on any atom is -0.442 e. The lowest BCUT2D eigenvalue weighted by Crippen LogP contribution is -2.37. The molecular weight excluding hydrogens is 778 g/mol. The molecular formula is C48H44Cl4N2O2. The lowest BCUT2D eigenvalue weighted by atomic mass is 9.83. The first-order chi connectivity index (χ1) is 27.1. The molecule has 0 saturated carbocycles. The normalized spacial score (nSPS) is 21.6. The van der Waals surface area contributed by atoms with Gasteiger partial charge in [0.05, 0.1) is 25.7 Å². The summed E-state index contributed by atoms with van der Waals surface area (Å²) >= 11 is 27.5.